The molecule has 15 nitrogen and oxygen atoms in total. The molecule has 0 aromatic carbocycles. The summed E-state index contributed by atoms with van der Waals surface area (Å²) in [6.07, 6.45) is -19.8. The molecule has 4 rings (SSSR count). The summed E-state index contributed by atoms with van der Waals surface area (Å²) < 4.78 is 28.3. The van der Waals surface area contributed by atoms with E-state index < -0.39 is 112 Å². The zero-order valence-electron chi connectivity index (χ0n) is 19.5. The van der Waals surface area contributed by atoms with E-state index in [0.717, 1.165) is 5.71 Å². The highest BCUT2D eigenvalue weighted by Gasteiger charge is 2.54. The Hall–Kier alpha value is -0.890. The maximum Gasteiger partial charge on any atom is 0.187 e. The number of aliphatic hydroxyl groups is 9. The highest BCUT2D eigenvalue weighted by atomic mass is 16.8. The first-order valence-electron chi connectivity index (χ1n) is 11.8. The SMILES string of the molecule is CC1=NC2[C@@H](O)[C@H](O[C@H]3OC(CO)[C@@H](O)[C@H](O)C3O[C@H]3OC(CO)[C@@H](O)[C@H](O)C3O)C(CO)O[C@@H]2C1. The van der Waals surface area contributed by atoms with E-state index in [1.807, 2.05) is 0 Å². The van der Waals surface area contributed by atoms with E-state index in [1.165, 1.54) is 0 Å². The van der Waals surface area contributed by atoms with Gasteiger partial charge in [0.05, 0.1) is 25.9 Å². The third-order valence-corrected chi connectivity index (χ3v) is 7.08. The highest BCUT2D eigenvalue weighted by molar-refractivity contribution is 5.84. The van der Waals surface area contributed by atoms with E-state index in [-0.39, 0.29) is 0 Å². The number of ether oxygens (including phenoxy) is 5. The van der Waals surface area contributed by atoms with Gasteiger partial charge < -0.3 is 69.6 Å². The molecule has 3 saturated heterocycles. The molecule has 6 unspecified atom stereocenters. The Morgan fingerprint density at radius 3 is 1.83 bits per heavy atom. The fraction of sp³-hybridized carbons (Fsp3) is 0.952. The standard InChI is InChI=1S/C21H35NO14/c1-6-2-7-11(22-6)14(28)18(10(5-25)32-7)35-21-19(16(30)13(27)9(4-24)34-21)36-20-17(31)15(29)12(26)8(3-23)33-20/h7-21,23-31H,2-5H2,1H3/t7-,8?,9?,10?,11?,12-,13-,14-,15+,16+,17?,18-,19?,20-,21-/m1/s1. The number of nitrogens with zero attached hydrogens (tertiary/aromatic N) is 1. The molecule has 4 aliphatic heterocycles. The van der Waals surface area contributed by atoms with Crippen molar-refractivity contribution >= 4 is 5.71 Å². The fourth-order valence-corrected chi connectivity index (χ4v) is 5.06. The Labute approximate surface area is 206 Å². The van der Waals surface area contributed by atoms with E-state index in [0.29, 0.717) is 6.42 Å². The van der Waals surface area contributed by atoms with Crippen LogP contribution in [0.2, 0.25) is 0 Å². The Morgan fingerprint density at radius 2 is 1.22 bits per heavy atom. The van der Waals surface area contributed by atoms with Crippen molar-refractivity contribution in [2.24, 2.45) is 4.99 Å². The molecule has 0 aromatic rings. The molecule has 0 saturated carbocycles. The maximum atomic E-state index is 11.0. The topological polar surface area (TPSA) is 241 Å². The summed E-state index contributed by atoms with van der Waals surface area (Å²) in [5.41, 5.74) is 0.748. The first kappa shape index (κ1) is 28.1. The van der Waals surface area contributed by atoms with E-state index in [2.05, 4.69) is 4.99 Å². The van der Waals surface area contributed by atoms with Crippen LogP contribution in [0.15, 0.2) is 4.99 Å². The van der Waals surface area contributed by atoms with Gasteiger partial charge in [-0.05, 0) is 6.92 Å². The van der Waals surface area contributed by atoms with Gasteiger partial charge in [0, 0.05) is 12.1 Å². The number of rotatable bonds is 7. The Kier molecular flexibility index (Phi) is 8.96. The lowest BCUT2D eigenvalue weighted by Crippen LogP contribution is -2.66. The van der Waals surface area contributed by atoms with Crippen molar-refractivity contribution in [1.29, 1.82) is 0 Å². The molecule has 0 bridgehead atoms. The van der Waals surface area contributed by atoms with Crippen molar-refractivity contribution in [1.82, 2.24) is 0 Å². The summed E-state index contributed by atoms with van der Waals surface area (Å²) in [6, 6.07) is -0.685. The Balaban J connectivity index is 1.57. The predicted molar refractivity (Wildman–Crippen MR) is 115 cm³/mol. The van der Waals surface area contributed by atoms with Crippen LogP contribution in [0.1, 0.15) is 13.3 Å². The van der Waals surface area contributed by atoms with Gasteiger partial charge in [-0.25, -0.2) is 0 Å². The predicted octanol–water partition coefficient (Wildman–Crippen LogP) is -5.65. The van der Waals surface area contributed by atoms with Gasteiger partial charge in [0.1, 0.15) is 73.2 Å². The summed E-state index contributed by atoms with van der Waals surface area (Å²) in [6.45, 7) is -0.206. The van der Waals surface area contributed by atoms with Gasteiger partial charge in [-0.3, -0.25) is 4.99 Å². The van der Waals surface area contributed by atoms with Crippen LogP contribution in [0.3, 0.4) is 0 Å². The highest BCUT2D eigenvalue weighted by Crippen LogP contribution is 2.35. The molecule has 15 atom stereocenters. The van der Waals surface area contributed by atoms with Crippen molar-refractivity contribution in [3.8, 4) is 0 Å². The van der Waals surface area contributed by atoms with Gasteiger partial charge >= 0.3 is 0 Å². The fourth-order valence-electron chi connectivity index (χ4n) is 5.06. The summed E-state index contributed by atoms with van der Waals surface area (Å²) in [7, 11) is 0. The van der Waals surface area contributed by atoms with Crippen LogP contribution in [-0.4, -0.2) is 163 Å². The van der Waals surface area contributed by atoms with Gasteiger partial charge in [0.15, 0.2) is 12.6 Å². The normalized spacial score (nSPS) is 51.6. The lowest BCUT2D eigenvalue weighted by atomic mass is 9.92. The lowest BCUT2D eigenvalue weighted by molar-refractivity contribution is -0.380. The zero-order chi connectivity index (χ0) is 26.3. The molecule has 4 heterocycles. The largest absolute Gasteiger partial charge is 0.394 e. The maximum absolute atomic E-state index is 11.0. The summed E-state index contributed by atoms with van der Waals surface area (Å²) in [4.78, 5) is 4.37. The summed E-state index contributed by atoms with van der Waals surface area (Å²) in [5.74, 6) is 0. The van der Waals surface area contributed by atoms with Gasteiger partial charge in [-0.15, -0.1) is 0 Å². The molecule has 15 heteroatoms. The Bertz CT molecular complexity index is 771. The number of hydrogen-bond donors (Lipinski definition) is 9. The smallest absolute Gasteiger partial charge is 0.187 e. The second kappa shape index (κ2) is 11.5. The Morgan fingerprint density at radius 1 is 0.667 bits per heavy atom. The molecular weight excluding hydrogens is 490 g/mol. The number of aliphatic imine (C=N–C) groups is 1. The van der Waals surface area contributed by atoms with Crippen LogP contribution in [0, 0.1) is 0 Å². The molecular formula is C21H35NO14. The van der Waals surface area contributed by atoms with Gasteiger partial charge in [0.25, 0.3) is 0 Å². The lowest BCUT2D eigenvalue weighted by Gasteiger charge is -2.48. The van der Waals surface area contributed by atoms with Crippen molar-refractivity contribution in [2.45, 2.75) is 105 Å². The van der Waals surface area contributed by atoms with Crippen LogP contribution < -0.4 is 0 Å². The zero-order valence-corrected chi connectivity index (χ0v) is 19.5. The van der Waals surface area contributed by atoms with Crippen molar-refractivity contribution in [3.05, 3.63) is 0 Å². The van der Waals surface area contributed by atoms with E-state index in [4.69, 9.17) is 23.7 Å². The van der Waals surface area contributed by atoms with Gasteiger partial charge in [0.2, 0.25) is 0 Å². The van der Waals surface area contributed by atoms with Gasteiger partial charge in [-0.1, -0.05) is 0 Å². The minimum Gasteiger partial charge on any atom is -0.394 e. The first-order valence-corrected chi connectivity index (χ1v) is 11.8. The van der Waals surface area contributed by atoms with Gasteiger partial charge in [-0.2, -0.15) is 0 Å². The summed E-state index contributed by atoms with van der Waals surface area (Å²) >= 11 is 0. The molecule has 9 N–H and O–H groups in total. The van der Waals surface area contributed by atoms with Crippen molar-refractivity contribution < 1.29 is 69.6 Å². The van der Waals surface area contributed by atoms with Crippen molar-refractivity contribution in [3.63, 3.8) is 0 Å². The monoisotopic (exact) mass is 525 g/mol. The molecule has 0 spiro atoms. The quantitative estimate of drug-likeness (QED) is 0.151. The minimum absolute atomic E-state index is 0.464. The minimum atomic E-state index is -1.83. The van der Waals surface area contributed by atoms with E-state index in [1.54, 1.807) is 6.92 Å². The van der Waals surface area contributed by atoms with Crippen LogP contribution in [0.25, 0.3) is 0 Å². The molecule has 4 aliphatic rings. The molecule has 208 valence electrons. The van der Waals surface area contributed by atoms with Crippen molar-refractivity contribution in [2.75, 3.05) is 19.8 Å². The van der Waals surface area contributed by atoms with Crippen LogP contribution in [0.5, 0.6) is 0 Å². The molecule has 0 aromatic heterocycles. The molecule has 0 radical (unpaired) electrons. The molecule has 3 fully saturated rings. The molecule has 0 aliphatic carbocycles. The number of fused-ring (bicyclic) bond motifs is 1. The second-order valence-corrected chi connectivity index (χ2v) is 9.55. The van der Waals surface area contributed by atoms with E-state index in [9.17, 15) is 46.0 Å². The van der Waals surface area contributed by atoms with Crippen LogP contribution in [0.4, 0.5) is 0 Å². The summed E-state index contributed by atoms with van der Waals surface area (Å²) in [5, 5.41) is 91.4. The molecule has 0 amide bonds. The first-order chi connectivity index (χ1) is 17.1. The van der Waals surface area contributed by atoms with E-state index >= 15 is 0 Å². The average Bonchev–Trinajstić information content (AvgIpc) is 3.25. The average molecular weight is 526 g/mol. The third kappa shape index (κ3) is 5.19. The second-order valence-electron chi connectivity index (χ2n) is 9.55. The van der Waals surface area contributed by atoms with Crippen LogP contribution in [-0.2, 0) is 23.7 Å². The number of aliphatic hydroxyl groups excluding tert-OH is 9. The number of hydrogen-bond acceptors (Lipinski definition) is 15. The third-order valence-electron chi connectivity index (χ3n) is 7.08. The van der Waals surface area contributed by atoms with Crippen LogP contribution >= 0.6 is 0 Å². The molecule has 36 heavy (non-hydrogen) atoms.